The molecule has 1 aromatic carbocycles. The Morgan fingerprint density at radius 2 is 1.88 bits per heavy atom. The van der Waals surface area contributed by atoms with Gasteiger partial charge in [-0.2, -0.15) is 0 Å². The summed E-state index contributed by atoms with van der Waals surface area (Å²) in [7, 11) is 1.58. The van der Waals surface area contributed by atoms with Crippen molar-refractivity contribution in [2.45, 2.75) is 45.6 Å². The van der Waals surface area contributed by atoms with Crippen LogP contribution in [0, 0.1) is 5.92 Å². The molecule has 0 aromatic heterocycles. The Morgan fingerprint density at radius 3 is 2.44 bits per heavy atom. The molecule has 0 unspecified atom stereocenters. The zero-order valence-electron chi connectivity index (χ0n) is 16.0. The average Bonchev–Trinajstić information content (AvgIpc) is 3.09. The van der Waals surface area contributed by atoms with Crippen LogP contribution < -0.4 is 10.1 Å². The normalized spacial score (nSPS) is 17.5. The third-order valence-electron chi connectivity index (χ3n) is 4.72. The molecule has 0 spiro atoms. The van der Waals surface area contributed by atoms with Crippen molar-refractivity contribution in [1.82, 2.24) is 4.90 Å². The highest BCUT2D eigenvalue weighted by Gasteiger charge is 2.33. The van der Waals surface area contributed by atoms with Crippen LogP contribution in [0.15, 0.2) is 24.3 Å². The number of nitrogens with one attached hydrogen (secondary N) is 1. The standard InChI is InChI=1S/C20H32N2O3/c1-16(2)15-20(3,24-4)19(23)21-17-7-9-18(10-8-17)25-14-13-22-11-5-6-12-22/h7-10,16H,5-6,11-15H2,1-4H3,(H,21,23)/t20-/m1/s1. The summed E-state index contributed by atoms with van der Waals surface area (Å²) < 4.78 is 11.3. The molecule has 0 saturated carbocycles. The molecule has 1 aliphatic rings. The number of hydrogen-bond donors (Lipinski definition) is 1. The van der Waals surface area contributed by atoms with Gasteiger partial charge in [0.2, 0.25) is 0 Å². The minimum absolute atomic E-state index is 0.119. The summed E-state index contributed by atoms with van der Waals surface area (Å²) in [5.74, 6) is 1.09. The number of likely N-dealkylation sites (tertiary alicyclic amines) is 1. The molecule has 1 aromatic rings. The number of carbonyl (C=O) groups excluding carboxylic acids is 1. The van der Waals surface area contributed by atoms with Crippen molar-refractivity contribution in [3.63, 3.8) is 0 Å². The first-order valence-corrected chi connectivity index (χ1v) is 9.25. The van der Waals surface area contributed by atoms with Gasteiger partial charge in [0.15, 0.2) is 0 Å². The molecule has 0 bridgehead atoms. The number of ether oxygens (including phenoxy) is 2. The number of methoxy groups -OCH3 is 1. The fourth-order valence-corrected chi connectivity index (χ4v) is 3.24. The largest absolute Gasteiger partial charge is 0.492 e. The SMILES string of the molecule is CO[C@](C)(CC(C)C)C(=O)Nc1ccc(OCCN2CCCC2)cc1. The van der Waals surface area contributed by atoms with Crippen molar-refractivity contribution in [2.24, 2.45) is 5.92 Å². The van der Waals surface area contributed by atoms with Crippen LogP contribution in [0.4, 0.5) is 5.69 Å². The highest BCUT2D eigenvalue weighted by Crippen LogP contribution is 2.23. The smallest absolute Gasteiger partial charge is 0.256 e. The number of benzene rings is 1. The van der Waals surface area contributed by atoms with Crippen LogP contribution >= 0.6 is 0 Å². The van der Waals surface area contributed by atoms with Gasteiger partial charge in [-0.15, -0.1) is 0 Å². The number of carbonyl (C=O) groups is 1. The van der Waals surface area contributed by atoms with Crippen LogP contribution in [-0.2, 0) is 9.53 Å². The van der Waals surface area contributed by atoms with Crippen LogP contribution in [0.3, 0.4) is 0 Å². The second-order valence-corrected chi connectivity index (χ2v) is 7.41. The van der Waals surface area contributed by atoms with E-state index in [4.69, 9.17) is 9.47 Å². The molecule has 0 aliphatic carbocycles. The molecule has 2 rings (SSSR count). The Morgan fingerprint density at radius 1 is 1.24 bits per heavy atom. The van der Waals surface area contributed by atoms with Crippen LogP contribution in [-0.4, -0.2) is 49.8 Å². The Hall–Kier alpha value is -1.59. The van der Waals surface area contributed by atoms with E-state index in [1.165, 1.54) is 25.9 Å². The molecule has 1 aliphatic heterocycles. The lowest BCUT2D eigenvalue weighted by atomic mass is 9.93. The molecule has 5 heteroatoms. The third-order valence-corrected chi connectivity index (χ3v) is 4.72. The minimum Gasteiger partial charge on any atom is -0.492 e. The van der Waals surface area contributed by atoms with E-state index in [1.807, 2.05) is 31.2 Å². The Labute approximate surface area is 151 Å². The monoisotopic (exact) mass is 348 g/mol. The maximum atomic E-state index is 12.5. The average molecular weight is 348 g/mol. The van der Waals surface area contributed by atoms with E-state index >= 15 is 0 Å². The minimum atomic E-state index is -0.820. The molecule has 1 saturated heterocycles. The van der Waals surface area contributed by atoms with Crippen molar-refractivity contribution in [3.05, 3.63) is 24.3 Å². The number of rotatable bonds is 9. The Balaban J connectivity index is 1.83. The predicted molar refractivity (Wildman–Crippen MR) is 101 cm³/mol. The van der Waals surface area contributed by atoms with Crippen molar-refractivity contribution in [1.29, 1.82) is 0 Å². The maximum absolute atomic E-state index is 12.5. The van der Waals surface area contributed by atoms with Gasteiger partial charge < -0.3 is 14.8 Å². The molecule has 1 amide bonds. The summed E-state index contributed by atoms with van der Waals surface area (Å²) in [6.45, 7) is 10.0. The van der Waals surface area contributed by atoms with Gasteiger partial charge in [0.25, 0.3) is 5.91 Å². The van der Waals surface area contributed by atoms with Crippen molar-refractivity contribution >= 4 is 11.6 Å². The third kappa shape index (κ3) is 6.01. The number of nitrogens with zero attached hydrogens (tertiary/aromatic N) is 1. The van der Waals surface area contributed by atoms with E-state index in [9.17, 15) is 4.79 Å². The van der Waals surface area contributed by atoms with Gasteiger partial charge in [0.1, 0.15) is 18.0 Å². The van der Waals surface area contributed by atoms with E-state index in [2.05, 4.69) is 24.1 Å². The zero-order chi connectivity index (χ0) is 18.3. The van der Waals surface area contributed by atoms with E-state index in [0.29, 0.717) is 18.9 Å². The highest BCUT2D eigenvalue weighted by atomic mass is 16.5. The van der Waals surface area contributed by atoms with Crippen LogP contribution in [0.25, 0.3) is 0 Å². The second-order valence-electron chi connectivity index (χ2n) is 7.41. The van der Waals surface area contributed by atoms with Crippen molar-refractivity contribution in [3.8, 4) is 5.75 Å². The van der Waals surface area contributed by atoms with Crippen LogP contribution in [0.2, 0.25) is 0 Å². The molecule has 1 atom stereocenters. The van der Waals surface area contributed by atoms with Gasteiger partial charge in [-0.1, -0.05) is 13.8 Å². The maximum Gasteiger partial charge on any atom is 0.256 e. The second kappa shape index (κ2) is 9.20. The van der Waals surface area contributed by atoms with Gasteiger partial charge in [-0.25, -0.2) is 0 Å². The molecular formula is C20H32N2O3. The highest BCUT2D eigenvalue weighted by molar-refractivity contribution is 5.97. The fourth-order valence-electron chi connectivity index (χ4n) is 3.24. The zero-order valence-corrected chi connectivity index (χ0v) is 16.0. The van der Waals surface area contributed by atoms with E-state index in [1.54, 1.807) is 7.11 Å². The first-order valence-electron chi connectivity index (χ1n) is 9.25. The molecule has 1 fully saturated rings. The summed E-state index contributed by atoms with van der Waals surface area (Å²) in [5.41, 5.74) is -0.0667. The molecule has 0 radical (unpaired) electrons. The predicted octanol–water partition coefficient (Wildman–Crippen LogP) is 3.55. The van der Waals surface area contributed by atoms with E-state index in [-0.39, 0.29) is 5.91 Å². The number of hydrogen-bond acceptors (Lipinski definition) is 4. The quantitative estimate of drug-likeness (QED) is 0.741. The lowest BCUT2D eigenvalue weighted by Crippen LogP contribution is -2.43. The van der Waals surface area contributed by atoms with E-state index in [0.717, 1.165) is 18.0 Å². The molecule has 5 nitrogen and oxygen atoms in total. The van der Waals surface area contributed by atoms with Gasteiger partial charge in [-0.3, -0.25) is 9.69 Å². The number of amides is 1. The topological polar surface area (TPSA) is 50.8 Å². The lowest BCUT2D eigenvalue weighted by molar-refractivity contribution is -0.137. The Kier molecular flexibility index (Phi) is 7.26. The summed E-state index contributed by atoms with van der Waals surface area (Å²) in [6.07, 6.45) is 3.27. The van der Waals surface area contributed by atoms with E-state index < -0.39 is 5.60 Å². The fraction of sp³-hybridized carbons (Fsp3) is 0.650. The van der Waals surface area contributed by atoms with Crippen molar-refractivity contribution < 1.29 is 14.3 Å². The Bertz CT molecular complexity index is 538. The summed E-state index contributed by atoms with van der Waals surface area (Å²) in [5, 5.41) is 2.94. The summed E-state index contributed by atoms with van der Waals surface area (Å²) in [6, 6.07) is 7.53. The number of anilines is 1. The summed E-state index contributed by atoms with van der Waals surface area (Å²) >= 11 is 0. The first-order chi connectivity index (χ1) is 11.9. The molecule has 1 N–H and O–H groups in total. The van der Waals surface area contributed by atoms with Gasteiger partial charge >= 0.3 is 0 Å². The first kappa shape index (κ1) is 19.7. The van der Waals surface area contributed by atoms with Gasteiger partial charge in [-0.05, 0) is 69.5 Å². The van der Waals surface area contributed by atoms with Gasteiger partial charge in [0.05, 0.1) is 0 Å². The summed E-state index contributed by atoms with van der Waals surface area (Å²) in [4.78, 5) is 15.0. The molecular weight excluding hydrogens is 316 g/mol. The molecule has 25 heavy (non-hydrogen) atoms. The van der Waals surface area contributed by atoms with Crippen LogP contribution in [0.1, 0.15) is 40.0 Å². The van der Waals surface area contributed by atoms with Crippen molar-refractivity contribution in [2.75, 3.05) is 38.7 Å². The molecule has 140 valence electrons. The van der Waals surface area contributed by atoms with Crippen LogP contribution in [0.5, 0.6) is 5.75 Å². The lowest BCUT2D eigenvalue weighted by Gasteiger charge is -2.28. The molecule has 1 heterocycles. The van der Waals surface area contributed by atoms with Gasteiger partial charge in [0, 0.05) is 19.3 Å².